The Kier molecular flexibility index (Phi) is 6.30. The molecule has 0 spiro atoms. The summed E-state index contributed by atoms with van der Waals surface area (Å²) in [7, 11) is 3.12. The molecule has 1 aromatic heterocycles. The van der Waals surface area contributed by atoms with Crippen molar-refractivity contribution in [1.29, 1.82) is 0 Å². The van der Waals surface area contributed by atoms with E-state index in [9.17, 15) is 4.79 Å². The zero-order chi connectivity index (χ0) is 19.1. The largest absolute Gasteiger partial charge is 0.493 e. The Morgan fingerprint density at radius 2 is 1.89 bits per heavy atom. The maximum Gasteiger partial charge on any atom is 0.319 e. The quantitative estimate of drug-likeness (QED) is 0.812. The molecule has 0 aliphatic carbocycles. The summed E-state index contributed by atoms with van der Waals surface area (Å²) in [5, 5.41) is 5.59. The number of carbonyl (C=O) groups is 1. The lowest BCUT2D eigenvalue weighted by molar-refractivity contribution is 0.251. The molecule has 1 aliphatic heterocycles. The van der Waals surface area contributed by atoms with Crippen molar-refractivity contribution in [2.75, 3.05) is 37.5 Å². The first-order valence-electron chi connectivity index (χ1n) is 9.03. The van der Waals surface area contributed by atoms with Gasteiger partial charge in [0.2, 0.25) is 5.95 Å². The van der Waals surface area contributed by atoms with Crippen LogP contribution in [0.4, 0.5) is 16.4 Å². The van der Waals surface area contributed by atoms with Crippen molar-refractivity contribution in [2.24, 2.45) is 0 Å². The third kappa shape index (κ3) is 4.99. The van der Waals surface area contributed by atoms with E-state index in [0.29, 0.717) is 23.7 Å². The lowest BCUT2D eigenvalue weighted by Crippen LogP contribution is -2.32. The Morgan fingerprint density at radius 1 is 1.11 bits per heavy atom. The summed E-state index contributed by atoms with van der Waals surface area (Å²) in [5.41, 5.74) is 1.38. The molecule has 8 heteroatoms. The third-order valence-electron chi connectivity index (χ3n) is 4.41. The van der Waals surface area contributed by atoms with Crippen molar-refractivity contribution in [3.05, 3.63) is 36.2 Å². The number of nitrogens with one attached hydrogen (secondary N) is 2. The second-order valence-electron chi connectivity index (χ2n) is 6.27. The van der Waals surface area contributed by atoms with Crippen LogP contribution in [0.15, 0.2) is 30.5 Å². The summed E-state index contributed by atoms with van der Waals surface area (Å²) in [4.78, 5) is 23.3. The van der Waals surface area contributed by atoms with Crippen LogP contribution in [0.1, 0.15) is 25.0 Å². The van der Waals surface area contributed by atoms with Crippen LogP contribution in [-0.4, -0.2) is 43.3 Å². The van der Waals surface area contributed by atoms with Crippen LogP contribution < -0.4 is 25.0 Å². The van der Waals surface area contributed by atoms with Crippen LogP contribution in [-0.2, 0) is 6.54 Å². The van der Waals surface area contributed by atoms with Gasteiger partial charge < -0.3 is 25.0 Å². The molecule has 1 fully saturated rings. The van der Waals surface area contributed by atoms with Crippen LogP contribution >= 0.6 is 0 Å². The van der Waals surface area contributed by atoms with Gasteiger partial charge in [0, 0.05) is 31.0 Å². The average Bonchev–Trinajstić information content (AvgIpc) is 2.73. The molecule has 27 heavy (non-hydrogen) atoms. The zero-order valence-corrected chi connectivity index (χ0v) is 15.7. The number of amides is 2. The highest BCUT2D eigenvalue weighted by Gasteiger charge is 2.14. The van der Waals surface area contributed by atoms with Crippen molar-refractivity contribution in [2.45, 2.75) is 25.8 Å². The molecule has 2 aromatic rings. The molecule has 0 bridgehead atoms. The van der Waals surface area contributed by atoms with Gasteiger partial charge in [-0.05, 0) is 37.5 Å². The summed E-state index contributed by atoms with van der Waals surface area (Å²) in [5.74, 6) is 1.89. The summed E-state index contributed by atoms with van der Waals surface area (Å²) in [6.07, 6.45) is 5.33. The lowest BCUT2D eigenvalue weighted by atomic mass is 10.1. The molecule has 2 heterocycles. The zero-order valence-electron chi connectivity index (χ0n) is 15.7. The maximum atomic E-state index is 12.2. The Balaban J connectivity index is 1.56. The lowest BCUT2D eigenvalue weighted by Gasteiger charge is -2.26. The monoisotopic (exact) mass is 371 g/mol. The molecule has 144 valence electrons. The maximum absolute atomic E-state index is 12.2. The van der Waals surface area contributed by atoms with E-state index in [4.69, 9.17) is 9.47 Å². The normalized spacial score (nSPS) is 13.8. The number of methoxy groups -OCH3 is 2. The molecule has 3 rings (SSSR count). The van der Waals surface area contributed by atoms with E-state index in [1.807, 2.05) is 6.07 Å². The van der Waals surface area contributed by atoms with Crippen LogP contribution in [0, 0.1) is 0 Å². The predicted molar refractivity (Wildman–Crippen MR) is 104 cm³/mol. The standard InChI is InChI=1S/C19H25N5O3/c1-26-16-7-6-14(12-17(16)27-2)23-19(25)21-13-15-8-9-20-18(22-15)24-10-4-3-5-11-24/h6-9,12H,3-5,10-11,13H2,1-2H3,(H2,21,23,25). The minimum atomic E-state index is -0.319. The van der Waals surface area contributed by atoms with Gasteiger partial charge in [-0.25, -0.2) is 14.8 Å². The van der Waals surface area contributed by atoms with Gasteiger partial charge in [-0.1, -0.05) is 0 Å². The molecule has 0 atom stereocenters. The molecule has 0 unspecified atom stereocenters. The Bertz CT molecular complexity index is 778. The molecule has 1 aliphatic rings. The minimum absolute atomic E-state index is 0.319. The second kappa shape index (κ2) is 9.07. The number of ether oxygens (including phenoxy) is 2. The number of aromatic nitrogens is 2. The number of nitrogens with zero attached hydrogens (tertiary/aromatic N) is 3. The molecule has 1 aromatic carbocycles. The molecule has 2 amide bonds. The SMILES string of the molecule is COc1ccc(NC(=O)NCc2ccnc(N3CCCCC3)n2)cc1OC. The second-order valence-corrected chi connectivity index (χ2v) is 6.27. The van der Waals surface area contributed by atoms with E-state index in [1.165, 1.54) is 19.3 Å². The number of benzene rings is 1. The molecule has 1 saturated heterocycles. The van der Waals surface area contributed by atoms with E-state index >= 15 is 0 Å². The van der Waals surface area contributed by atoms with Gasteiger partial charge in [0.25, 0.3) is 0 Å². The van der Waals surface area contributed by atoms with Gasteiger partial charge >= 0.3 is 6.03 Å². The third-order valence-corrected chi connectivity index (χ3v) is 4.41. The van der Waals surface area contributed by atoms with Crippen molar-refractivity contribution in [1.82, 2.24) is 15.3 Å². The first-order chi connectivity index (χ1) is 13.2. The van der Waals surface area contributed by atoms with Crippen molar-refractivity contribution in [3.8, 4) is 11.5 Å². The molecule has 2 N–H and O–H groups in total. The van der Waals surface area contributed by atoms with Gasteiger partial charge in [0.15, 0.2) is 11.5 Å². The molecule has 0 radical (unpaired) electrons. The van der Waals surface area contributed by atoms with Gasteiger partial charge in [0.05, 0.1) is 26.5 Å². The number of piperidine rings is 1. The number of carbonyl (C=O) groups excluding carboxylic acids is 1. The molecular formula is C19H25N5O3. The fourth-order valence-corrected chi connectivity index (χ4v) is 2.99. The summed E-state index contributed by atoms with van der Waals surface area (Å²) >= 11 is 0. The van der Waals surface area contributed by atoms with Gasteiger partial charge in [-0.3, -0.25) is 0 Å². The first-order valence-corrected chi connectivity index (χ1v) is 9.03. The average molecular weight is 371 g/mol. The van der Waals surface area contributed by atoms with Crippen molar-refractivity contribution in [3.63, 3.8) is 0 Å². The number of hydrogen-bond donors (Lipinski definition) is 2. The van der Waals surface area contributed by atoms with Crippen LogP contribution in [0.2, 0.25) is 0 Å². The van der Waals surface area contributed by atoms with Crippen LogP contribution in [0.3, 0.4) is 0 Å². The number of urea groups is 1. The summed E-state index contributed by atoms with van der Waals surface area (Å²) in [6.45, 7) is 2.29. The molecular weight excluding hydrogens is 346 g/mol. The summed E-state index contributed by atoms with van der Waals surface area (Å²) in [6, 6.07) is 6.69. The first kappa shape index (κ1) is 18.8. The Hall–Kier alpha value is -3.03. The van der Waals surface area contributed by atoms with E-state index in [-0.39, 0.29) is 6.03 Å². The highest BCUT2D eigenvalue weighted by atomic mass is 16.5. The van der Waals surface area contributed by atoms with Gasteiger partial charge in [0.1, 0.15) is 0 Å². The van der Waals surface area contributed by atoms with Crippen molar-refractivity contribution >= 4 is 17.7 Å². The number of hydrogen-bond acceptors (Lipinski definition) is 6. The van der Waals surface area contributed by atoms with Gasteiger partial charge in [-0.15, -0.1) is 0 Å². The van der Waals surface area contributed by atoms with Gasteiger partial charge in [-0.2, -0.15) is 0 Å². The van der Waals surface area contributed by atoms with E-state index in [2.05, 4.69) is 25.5 Å². The highest BCUT2D eigenvalue weighted by Crippen LogP contribution is 2.29. The predicted octanol–water partition coefficient (Wildman–Crippen LogP) is 2.81. The fourth-order valence-electron chi connectivity index (χ4n) is 2.99. The molecule has 8 nitrogen and oxygen atoms in total. The number of rotatable bonds is 6. The fraction of sp³-hybridized carbons (Fsp3) is 0.421. The Labute approximate surface area is 158 Å². The summed E-state index contributed by atoms with van der Waals surface area (Å²) < 4.78 is 10.4. The van der Waals surface area contributed by atoms with Crippen LogP contribution in [0.5, 0.6) is 11.5 Å². The highest BCUT2D eigenvalue weighted by molar-refractivity contribution is 5.89. The van der Waals surface area contributed by atoms with E-state index in [1.54, 1.807) is 38.6 Å². The smallest absolute Gasteiger partial charge is 0.319 e. The van der Waals surface area contributed by atoms with Crippen molar-refractivity contribution < 1.29 is 14.3 Å². The Morgan fingerprint density at radius 3 is 2.63 bits per heavy atom. The minimum Gasteiger partial charge on any atom is -0.493 e. The topological polar surface area (TPSA) is 88.6 Å². The van der Waals surface area contributed by atoms with E-state index in [0.717, 1.165) is 24.7 Å². The van der Waals surface area contributed by atoms with E-state index < -0.39 is 0 Å². The number of anilines is 2. The van der Waals surface area contributed by atoms with Crippen LogP contribution in [0.25, 0.3) is 0 Å². The molecule has 0 saturated carbocycles.